The van der Waals surface area contributed by atoms with Crippen LogP contribution in [-0.4, -0.2) is 29.5 Å². The fourth-order valence-electron chi connectivity index (χ4n) is 0.820. The summed E-state index contributed by atoms with van der Waals surface area (Å²) in [6.07, 6.45) is 3.22. The third-order valence-corrected chi connectivity index (χ3v) is 1.44. The zero-order valence-corrected chi connectivity index (χ0v) is 7.27. The molecule has 0 aliphatic heterocycles. The molecule has 1 amide bonds. The van der Waals surface area contributed by atoms with Crippen molar-refractivity contribution in [3.8, 4) is 0 Å². The predicted molar refractivity (Wildman–Crippen MR) is 47.6 cm³/mol. The van der Waals surface area contributed by atoms with E-state index in [1.54, 1.807) is 30.4 Å². The van der Waals surface area contributed by atoms with Gasteiger partial charge in [0.2, 0.25) is 5.95 Å². The number of hydrazine groups is 1. The second-order valence-electron chi connectivity index (χ2n) is 2.47. The highest BCUT2D eigenvalue weighted by Gasteiger charge is 2.06. The highest BCUT2D eigenvalue weighted by Crippen LogP contribution is 1.99. The van der Waals surface area contributed by atoms with E-state index < -0.39 is 0 Å². The summed E-state index contributed by atoms with van der Waals surface area (Å²) in [5, 5.41) is 0. The summed E-state index contributed by atoms with van der Waals surface area (Å²) in [6.45, 7) is 0.139. The van der Waals surface area contributed by atoms with Crippen molar-refractivity contribution in [2.75, 3.05) is 18.5 Å². The smallest absolute Gasteiger partial charge is 0.253 e. The quantitative estimate of drug-likeness (QED) is 0.351. The lowest BCUT2D eigenvalue weighted by Gasteiger charge is -2.14. The Hall–Kier alpha value is -1.69. The molecule has 70 valence electrons. The van der Waals surface area contributed by atoms with Crippen molar-refractivity contribution < 1.29 is 4.79 Å². The third kappa shape index (κ3) is 2.68. The number of nitrogens with one attached hydrogen (secondary N) is 1. The summed E-state index contributed by atoms with van der Waals surface area (Å²) in [6, 6.07) is 1.71. The molecule has 0 atom stereocenters. The first-order valence-electron chi connectivity index (χ1n) is 3.71. The molecular weight excluding hydrogens is 170 g/mol. The van der Waals surface area contributed by atoms with E-state index in [9.17, 15) is 4.79 Å². The Morgan fingerprint density at radius 3 is 2.77 bits per heavy atom. The molecule has 0 unspecified atom stereocenters. The van der Waals surface area contributed by atoms with Crippen LogP contribution in [0.25, 0.3) is 0 Å². The van der Waals surface area contributed by atoms with Gasteiger partial charge in [-0.25, -0.2) is 15.8 Å². The molecular formula is C7H11N5O. The molecule has 1 aromatic heterocycles. The number of rotatable bonds is 3. The first-order valence-corrected chi connectivity index (χ1v) is 3.71. The Kier molecular flexibility index (Phi) is 3.15. The van der Waals surface area contributed by atoms with Crippen LogP contribution in [0.4, 0.5) is 5.95 Å². The molecule has 0 spiro atoms. The lowest BCUT2D eigenvalue weighted by atomic mass is 10.5. The van der Waals surface area contributed by atoms with E-state index >= 15 is 0 Å². The highest BCUT2D eigenvalue weighted by molar-refractivity contribution is 5.79. The molecule has 1 rings (SSSR count). The minimum atomic E-state index is -0.282. The van der Waals surface area contributed by atoms with Crippen molar-refractivity contribution in [2.24, 2.45) is 5.84 Å². The van der Waals surface area contributed by atoms with Crippen LogP contribution in [-0.2, 0) is 4.79 Å². The number of carbonyl (C=O) groups is 1. The van der Waals surface area contributed by atoms with Gasteiger partial charge in [0.1, 0.15) is 6.54 Å². The average molecular weight is 181 g/mol. The molecule has 1 aromatic rings. The second-order valence-corrected chi connectivity index (χ2v) is 2.47. The Bertz CT molecular complexity index is 275. The summed E-state index contributed by atoms with van der Waals surface area (Å²) in [5.41, 5.74) is 2.03. The lowest BCUT2D eigenvalue weighted by molar-refractivity contribution is -0.119. The van der Waals surface area contributed by atoms with Gasteiger partial charge in [-0.3, -0.25) is 10.2 Å². The maximum absolute atomic E-state index is 10.9. The van der Waals surface area contributed by atoms with E-state index in [2.05, 4.69) is 9.97 Å². The first-order chi connectivity index (χ1) is 6.24. The molecule has 0 aliphatic carbocycles. The average Bonchev–Trinajstić information content (AvgIpc) is 2.19. The number of amides is 1. The summed E-state index contributed by atoms with van der Waals surface area (Å²) in [4.78, 5) is 20.4. The molecule has 3 N–H and O–H groups in total. The second kappa shape index (κ2) is 4.36. The van der Waals surface area contributed by atoms with Crippen molar-refractivity contribution in [3.05, 3.63) is 18.5 Å². The van der Waals surface area contributed by atoms with Crippen LogP contribution in [0.1, 0.15) is 0 Å². The SMILES string of the molecule is CN(CC(=O)NN)c1ncccn1. The topological polar surface area (TPSA) is 84.1 Å². The number of carbonyl (C=O) groups excluding carboxylic acids is 1. The van der Waals surface area contributed by atoms with E-state index in [0.717, 1.165) is 0 Å². The number of likely N-dealkylation sites (N-methyl/N-ethyl adjacent to an activating group) is 1. The molecule has 6 heteroatoms. The van der Waals surface area contributed by atoms with E-state index in [1.807, 2.05) is 5.43 Å². The standard InChI is InChI=1S/C7H11N5O/c1-12(5-6(13)11-8)7-9-3-2-4-10-7/h2-4H,5,8H2,1H3,(H,11,13). The fraction of sp³-hybridized carbons (Fsp3) is 0.286. The number of nitrogens with two attached hydrogens (primary N) is 1. The maximum atomic E-state index is 10.9. The normalized spacial score (nSPS) is 9.38. The molecule has 0 saturated carbocycles. The monoisotopic (exact) mass is 181 g/mol. The van der Waals surface area contributed by atoms with Gasteiger partial charge in [-0.1, -0.05) is 0 Å². The van der Waals surface area contributed by atoms with Crippen LogP contribution >= 0.6 is 0 Å². The number of hydrogen-bond donors (Lipinski definition) is 2. The van der Waals surface area contributed by atoms with Crippen molar-refractivity contribution >= 4 is 11.9 Å². The zero-order chi connectivity index (χ0) is 9.68. The van der Waals surface area contributed by atoms with Gasteiger partial charge < -0.3 is 4.90 Å². The van der Waals surface area contributed by atoms with Gasteiger partial charge in [0.15, 0.2) is 0 Å². The van der Waals surface area contributed by atoms with Crippen LogP contribution in [0.5, 0.6) is 0 Å². The van der Waals surface area contributed by atoms with Crippen LogP contribution in [0.15, 0.2) is 18.5 Å². The molecule has 6 nitrogen and oxygen atoms in total. The van der Waals surface area contributed by atoms with Gasteiger partial charge in [0.05, 0.1) is 0 Å². The lowest BCUT2D eigenvalue weighted by Crippen LogP contribution is -2.39. The Labute approximate surface area is 75.7 Å². The predicted octanol–water partition coefficient (Wildman–Crippen LogP) is -1.10. The first kappa shape index (κ1) is 9.40. The minimum Gasteiger partial charge on any atom is -0.335 e. The Morgan fingerprint density at radius 2 is 2.23 bits per heavy atom. The number of anilines is 1. The highest BCUT2D eigenvalue weighted by atomic mass is 16.2. The molecule has 0 aromatic carbocycles. The van der Waals surface area contributed by atoms with Crippen LogP contribution < -0.4 is 16.2 Å². The summed E-state index contributed by atoms with van der Waals surface area (Å²) < 4.78 is 0. The Balaban J connectivity index is 2.59. The van der Waals surface area contributed by atoms with Gasteiger partial charge in [0, 0.05) is 19.4 Å². The van der Waals surface area contributed by atoms with Gasteiger partial charge >= 0.3 is 0 Å². The van der Waals surface area contributed by atoms with Gasteiger partial charge in [-0.05, 0) is 6.07 Å². The molecule has 0 fully saturated rings. The molecule has 13 heavy (non-hydrogen) atoms. The largest absolute Gasteiger partial charge is 0.335 e. The van der Waals surface area contributed by atoms with E-state index in [-0.39, 0.29) is 12.5 Å². The molecule has 0 aliphatic rings. The van der Waals surface area contributed by atoms with Crippen molar-refractivity contribution in [2.45, 2.75) is 0 Å². The fourth-order valence-corrected chi connectivity index (χ4v) is 0.820. The molecule has 0 radical (unpaired) electrons. The molecule has 1 heterocycles. The van der Waals surface area contributed by atoms with Crippen LogP contribution in [0.2, 0.25) is 0 Å². The Morgan fingerprint density at radius 1 is 1.62 bits per heavy atom. The van der Waals surface area contributed by atoms with Crippen molar-refractivity contribution in [1.82, 2.24) is 15.4 Å². The van der Waals surface area contributed by atoms with Crippen molar-refractivity contribution in [1.29, 1.82) is 0 Å². The number of hydrogen-bond acceptors (Lipinski definition) is 5. The maximum Gasteiger partial charge on any atom is 0.253 e. The molecule has 0 saturated heterocycles. The van der Waals surface area contributed by atoms with Gasteiger partial charge in [-0.15, -0.1) is 0 Å². The van der Waals surface area contributed by atoms with Crippen molar-refractivity contribution in [3.63, 3.8) is 0 Å². The molecule has 0 bridgehead atoms. The minimum absolute atomic E-state index is 0.139. The van der Waals surface area contributed by atoms with E-state index in [4.69, 9.17) is 5.84 Å². The number of aromatic nitrogens is 2. The summed E-state index contributed by atoms with van der Waals surface area (Å²) >= 11 is 0. The van der Waals surface area contributed by atoms with Gasteiger partial charge in [0.25, 0.3) is 5.91 Å². The third-order valence-electron chi connectivity index (χ3n) is 1.44. The van der Waals surface area contributed by atoms with E-state index in [1.165, 1.54) is 0 Å². The zero-order valence-electron chi connectivity index (χ0n) is 7.27. The summed E-state index contributed by atoms with van der Waals surface area (Å²) in [5.74, 6) is 5.14. The van der Waals surface area contributed by atoms with E-state index in [0.29, 0.717) is 5.95 Å². The van der Waals surface area contributed by atoms with Gasteiger partial charge in [-0.2, -0.15) is 0 Å². The number of nitrogens with zero attached hydrogens (tertiary/aromatic N) is 3. The summed E-state index contributed by atoms with van der Waals surface area (Å²) in [7, 11) is 1.71. The van der Waals surface area contributed by atoms with Crippen LogP contribution in [0.3, 0.4) is 0 Å². The van der Waals surface area contributed by atoms with Crippen LogP contribution in [0, 0.1) is 0 Å².